The number of aromatic nitrogens is 1. The minimum atomic E-state index is -5.93. The third kappa shape index (κ3) is 3.74. The first-order valence-electron chi connectivity index (χ1n) is 8.59. The van der Waals surface area contributed by atoms with Crippen molar-refractivity contribution >= 4 is 21.0 Å². The Labute approximate surface area is 174 Å². The molecule has 0 amide bonds. The van der Waals surface area contributed by atoms with Crippen LogP contribution >= 0.6 is 0 Å². The lowest BCUT2D eigenvalue weighted by molar-refractivity contribution is -0.0500. The molecular weight excluding hydrogens is 443 g/mol. The predicted molar refractivity (Wildman–Crippen MR) is 102 cm³/mol. The summed E-state index contributed by atoms with van der Waals surface area (Å²) >= 11 is 0. The molecule has 164 valence electrons. The van der Waals surface area contributed by atoms with Gasteiger partial charge >= 0.3 is 15.6 Å². The Bertz CT molecular complexity index is 1280. The zero-order chi connectivity index (χ0) is 22.4. The normalized spacial score (nSPS) is 13.3. The van der Waals surface area contributed by atoms with Gasteiger partial charge in [0.15, 0.2) is 23.0 Å². The lowest BCUT2D eigenvalue weighted by atomic mass is 10.0. The van der Waals surface area contributed by atoms with Crippen LogP contribution in [0.4, 0.5) is 13.2 Å². The molecule has 1 aliphatic heterocycles. The molecule has 12 heteroatoms. The Morgan fingerprint density at radius 1 is 0.935 bits per heavy atom. The summed E-state index contributed by atoms with van der Waals surface area (Å²) in [5, 5.41) is 0.668. The number of pyridine rings is 1. The number of nitrogens with zero attached hydrogens (tertiary/aromatic N) is 1. The van der Waals surface area contributed by atoms with E-state index in [-0.39, 0.29) is 23.9 Å². The molecule has 0 saturated heterocycles. The summed E-state index contributed by atoms with van der Waals surface area (Å²) in [7, 11) is -3.53. The Balaban J connectivity index is 1.84. The summed E-state index contributed by atoms with van der Waals surface area (Å²) in [6.07, 6.45) is 1.47. The molecule has 31 heavy (non-hydrogen) atoms. The molecule has 4 rings (SSSR count). The smallest absolute Gasteiger partial charge is 0.493 e. The van der Waals surface area contributed by atoms with Crippen molar-refractivity contribution in [3.63, 3.8) is 0 Å². The minimum absolute atomic E-state index is 0.0295. The van der Waals surface area contributed by atoms with Crippen molar-refractivity contribution in [1.82, 2.24) is 4.98 Å². The summed E-state index contributed by atoms with van der Waals surface area (Å²) in [5.41, 5.74) is -4.27. The van der Waals surface area contributed by atoms with E-state index in [0.717, 1.165) is 13.2 Å². The highest BCUT2D eigenvalue weighted by atomic mass is 32.2. The van der Waals surface area contributed by atoms with Gasteiger partial charge in [-0.3, -0.25) is 4.98 Å². The Kier molecular flexibility index (Phi) is 4.96. The number of benzene rings is 2. The minimum Gasteiger partial charge on any atom is -0.493 e. The van der Waals surface area contributed by atoms with Crippen molar-refractivity contribution < 1.29 is 44.7 Å². The average Bonchev–Trinajstić information content (AvgIpc) is 3.17. The molecule has 0 bridgehead atoms. The second-order valence-electron chi connectivity index (χ2n) is 6.32. The summed E-state index contributed by atoms with van der Waals surface area (Å²) < 4.78 is 86.7. The highest BCUT2D eigenvalue weighted by molar-refractivity contribution is 7.88. The first-order valence-corrected chi connectivity index (χ1v) is 10.0. The summed E-state index contributed by atoms with van der Waals surface area (Å²) in [6, 6.07) is 7.66. The molecule has 1 aromatic heterocycles. The van der Waals surface area contributed by atoms with E-state index in [2.05, 4.69) is 9.17 Å². The third-order valence-corrected chi connectivity index (χ3v) is 5.40. The fraction of sp³-hybridized carbons (Fsp3) is 0.211. The first kappa shape index (κ1) is 20.8. The summed E-state index contributed by atoms with van der Waals surface area (Å²) in [4.78, 5) is 4.33. The number of fused-ring (bicyclic) bond motifs is 2. The Morgan fingerprint density at radius 3 is 2.26 bits per heavy atom. The van der Waals surface area contributed by atoms with Crippen LogP contribution in [0.15, 0.2) is 36.5 Å². The van der Waals surface area contributed by atoms with Gasteiger partial charge in [0.1, 0.15) is 0 Å². The van der Waals surface area contributed by atoms with E-state index in [9.17, 15) is 21.6 Å². The van der Waals surface area contributed by atoms with E-state index < -0.39 is 21.4 Å². The molecule has 1 aliphatic rings. The summed E-state index contributed by atoms with van der Waals surface area (Å²) in [5.74, 6) is 0.0558. The van der Waals surface area contributed by atoms with Crippen molar-refractivity contribution in [2.24, 2.45) is 0 Å². The van der Waals surface area contributed by atoms with Gasteiger partial charge in [0.25, 0.3) is 0 Å². The van der Waals surface area contributed by atoms with E-state index in [1.807, 2.05) is 0 Å². The fourth-order valence-corrected chi connectivity index (χ4v) is 3.45. The van der Waals surface area contributed by atoms with Crippen LogP contribution in [0.1, 0.15) is 0 Å². The number of hydrogen-bond acceptors (Lipinski definition) is 8. The van der Waals surface area contributed by atoms with Gasteiger partial charge in [-0.25, -0.2) is 0 Å². The Morgan fingerprint density at radius 2 is 1.61 bits per heavy atom. The topological polar surface area (TPSA) is 93.2 Å². The molecule has 0 N–H and O–H groups in total. The lowest BCUT2D eigenvalue weighted by Crippen LogP contribution is -2.28. The molecule has 0 fully saturated rings. The van der Waals surface area contributed by atoms with Crippen molar-refractivity contribution in [3.8, 4) is 39.9 Å². The van der Waals surface area contributed by atoms with Crippen molar-refractivity contribution in [2.45, 2.75) is 5.51 Å². The second-order valence-corrected chi connectivity index (χ2v) is 7.85. The van der Waals surface area contributed by atoms with Crippen LogP contribution in [-0.2, 0) is 10.1 Å². The quantitative estimate of drug-likeness (QED) is 0.421. The average molecular weight is 457 g/mol. The molecule has 0 atom stereocenters. The number of hydrogen-bond donors (Lipinski definition) is 0. The maximum Gasteiger partial charge on any atom is 0.534 e. The maximum atomic E-state index is 12.8. The molecule has 8 nitrogen and oxygen atoms in total. The first-order chi connectivity index (χ1) is 14.6. The third-order valence-electron chi connectivity index (χ3n) is 4.44. The monoisotopic (exact) mass is 457 g/mol. The van der Waals surface area contributed by atoms with Crippen LogP contribution in [-0.4, -0.2) is 39.9 Å². The molecule has 2 heterocycles. The number of ether oxygens (including phenoxy) is 4. The number of rotatable bonds is 5. The van der Waals surface area contributed by atoms with Crippen LogP contribution in [0.2, 0.25) is 0 Å². The van der Waals surface area contributed by atoms with Gasteiger partial charge in [-0.05, 0) is 29.8 Å². The zero-order valence-corrected chi connectivity index (χ0v) is 16.8. The van der Waals surface area contributed by atoms with E-state index in [4.69, 9.17) is 18.9 Å². The maximum absolute atomic E-state index is 12.8. The van der Waals surface area contributed by atoms with Crippen molar-refractivity contribution in [2.75, 3.05) is 21.0 Å². The summed E-state index contributed by atoms with van der Waals surface area (Å²) in [6.45, 7) is 0.0859. The van der Waals surface area contributed by atoms with Gasteiger partial charge < -0.3 is 23.1 Å². The largest absolute Gasteiger partial charge is 0.534 e. The van der Waals surface area contributed by atoms with Crippen molar-refractivity contribution in [3.05, 3.63) is 36.5 Å². The Hall–Kier alpha value is -3.41. The molecule has 0 radical (unpaired) electrons. The van der Waals surface area contributed by atoms with Gasteiger partial charge in [-0.2, -0.15) is 21.6 Å². The van der Waals surface area contributed by atoms with Gasteiger partial charge in [-0.1, -0.05) is 0 Å². The van der Waals surface area contributed by atoms with Crippen LogP contribution in [0, 0.1) is 0 Å². The molecule has 0 unspecified atom stereocenters. The fourth-order valence-electron chi connectivity index (χ4n) is 3.00. The van der Waals surface area contributed by atoms with E-state index >= 15 is 0 Å². The van der Waals surface area contributed by atoms with Gasteiger partial charge in [0.2, 0.25) is 12.5 Å². The van der Waals surface area contributed by atoms with Crippen LogP contribution < -0.4 is 23.1 Å². The molecule has 0 spiro atoms. The second kappa shape index (κ2) is 7.38. The van der Waals surface area contributed by atoms with Crippen LogP contribution in [0.5, 0.6) is 28.7 Å². The van der Waals surface area contributed by atoms with Crippen molar-refractivity contribution in [1.29, 1.82) is 0 Å². The van der Waals surface area contributed by atoms with Gasteiger partial charge in [0, 0.05) is 23.2 Å². The number of halogens is 3. The van der Waals surface area contributed by atoms with E-state index in [1.165, 1.54) is 19.4 Å². The molecular formula is C19H14F3NO7S. The van der Waals surface area contributed by atoms with Gasteiger partial charge in [-0.15, -0.1) is 0 Å². The molecule has 0 aliphatic carbocycles. The van der Waals surface area contributed by atoms with E-state index in [0.29, 0.717) is 28.0 Å². The van der Waals surface area contributed by atoms with Crippen LogP contribution in [0.25, 0.3) is 22.0 Å². The molecule has 3 aromatic rings. The molecule has 2 aromatic carbocycles. The predicted octanol–water partition coefficient (Wildman–Crippen LogP) is 3.88. The zero-order valence-electron chi connectivity index (χ0n) is 16.0. The SMILES string of the molecule is COc1cc(-c2cnc3cc4c(cc3c2)OCO4)cc(OS(=O)(=O)C(F)(F)F)c1OC. The van der Waals surface area contributed by atoms with E-state index in [1.54, 1.807) is 18.2 Å². The number of methoxy groups -OCH3 is 2. The number of alkyl halides is 3. The molecule has 0 saturated carbocycles. The highest BCUT2D eigenvalue weighted by Gasteiger charge is 2.49. The lowest BCUT2D eigenvalue weighted by Gasteiger charge is -2.16. The van der Waals surface area contributed by atoms with Gasteiger partial charge in [0.05, 0.1) is 19.7 Å². The standard InChI is InChI=1S/C19H14F3NO7S/c1-26-16-4-10(5-17(18(16)27-2)30-31(24,25)19(20,21)22)12-3-11-6-14-15(29-9-28-14)7-13(11)23-8-12/h3-8H,9H2,1-2H3. The van der Waals surface area contributed by atoms with Crippen LogP contribution in [0.3, 0.4) is 0 Å². The highest BCUT2D eigenvalue weighted by Crippen LogP contribution is 2.44.